The van der Waals surface area contributed by atoms with Crippen molar-refractivity contribution in [2.75, 3.05) is 12.3 Å². The Morgan fingerprint density at radius 1 is 0.846 bits per heavy atom. The predicted molar refractivity (Wildman–Crippen MR) is 112 cm³/mol. The van der Waals surface area contributed by atoms with Crippen molar-refractivity contribution in [3.05, 3.63) is 59.7 Å². The molecule has 0 amide bonds. The maximum Gasteiger partial charge on any atom is 0.0924 e. The van der Waals surface area contributed by atoms with E-state index in [1.54, 1.807) is 0 Å². The van der Waals surface area contributed by atoms with Gasteiger partial charge in [-0.2, -0.15) is 10.2 Å². The van der Waals surface area contributed by atoms with Gasteiger partial charge in [0.05, 0.1) is 22.8 Å². The number of hydrogen-bond donors (Lipinski definition) is 0. The molecule has 0 saturated carbocycles. The van der Waals surface area contributed by atoms with E-state index in [4.69, 9.17) is 0 Å². The van der Waals surface area contributed by atoms with Crippen LogP contribution in [-0.2, 0) is 0 Å². The molecule has 4 heterocycles. The molecule has 0 N–H and O–H groups in total. The topological polar surface area (TPSA) is 50.5 Å². The highest BCUT2D eigenvalue weighted by atomic mass is 31.1. The Morgan fingerprint density at radius 3 is 2.04 bits per heavy atom. The predicted octanol–water partition coefficient (Wildman–Crippen LogP) is 4.72. The first-order chi connectivity index (χ1) is 12.8. The van der Waals surface area contributed by atoms with Crippen molar-refractivity contribution in [1.29, 1.82) is 0 Å². The summed E-state index contributed by atoms with van der Waals surface area (Å²) in [5, 5.41) is 9.23. The molecule has 4 rings (SSSR count). The molecule has 0 aliphatic carbocycles. The van der Waals surface area contributed by atoms with Gasteiger partial charge in [-0.25, -0.2) is 0 Å². The first-order valence-corrected chi connectivity index (χ1v) is 10.9. The largest absolute Gasteiger partial charge is 0.255 e. The average molecular weight is 366 g/mol. The summed E-state index contributed by atoms with van der Waals surface area (Å²) in [7, 11) is 1.04. The monoisotopic (exact) mass is 366 g/mol. The molecule has 5 heteroatoms. The maximum absolute atomic E-state index is 4.62. The number of aromatic nitrogens is 2. The van der Waals surface area contributed by atoms with Gasteiger partial charge in [0.15, 0.2) is 0 Å². The third kappa shape index (κ3) is 4.07. The quantitative estimate of drug-likeness (QED) is 0.722. The Bertz CT molecular complexity index is 768. The van der Waals surface area contributed by atoms with Crippen molar-refractivity contribution in [3.63, 3.8) is 0 Å². The Kier molecular flexibility index (Phi) is 6.62. The summed E-state index contributed by atoms with van der Waals surface area (Å²) in [6, 6.07) is 10.2. The summed E-state index contributed by atoms with van der Waals surface area (Å²) >= 11 is 0. The molecule has 0 spiro atoms. The lowest BCUT2D eigenvalue weighted by Gasteiger charge is -2.29. The van der Waals surface area contributed by atoms with E-state index in [9.17, 15) is 0 Å². The Labute approximate surface area is 158 Å². The van der Waals surface area contributed by atoms with E-state index in [0.717, 1.165) is 31.4 Å². The second-order valence-corrected chi connectivity index (χ2v) is 7.95. The lowest BCUT2D eigenvalue weighted by Crippen LogP contribution is -2.34. The summed E-state index contributed by atoms with van der Waals surface area (Å²) in [4.78, 5) is 9.13. The highest BCUT2D eigenvalue weighted by Crippen LogP contribution is 2.37. The highest BCUT2D eigenvalue weighted by Gasteiger charge is 2.36. The third-order valence-corrected chi connectivity index (χ3v) is 6.10. The molecular formula is C21H27N4P. The third-order valence-electron chi connectivity index (χ3n) is 4.82. The molecule has 2 aliphatic heterocycles. The Balaban J connectivity index is 0.000000948. The van der Waals surface area contributed by atoms with E-state index < -0.39 is 0 Å². The molecule has 3 atom stereocenters. The fraction of sp³-hybridized carbons (Fsp3) is 0.429. The second-order valence-electron chi connectivity index (χ2n) is 6.45. The van der Waals surface area contributed by atoms with Crippen LogP contribution in [0.1, 0.15) is 43.6 Å². The minimum Gasteiger partial charge on any atom is -0.255 e. The zero-order valence-corrected chi connectivity index (χ0v) is 16.8. The van der Waals surface area contributed by atoms with Gasteiger partial charge < -0.3 is 0 Å². The summed E-state index contributed by atoms with van der Waals surface area (Å²) in [5.41, 5.74) is 5.24. The van der Waals surface area contributed by atoms with Crippen molar-refractivity contribution in [2.45, 2.75) is 33.6 Å². The van der Waals surface area contributed by atoms with Gasteiger partial charge in [0.25, 0.3) is 0 Å². The second kappa shape index (κ2) is 9.14. The Morgan fingerprint density at radius 2 is 1.50 bits per heavy atom. The first kappa shape index (κ1) is 18.8. The molecule has 2 aromatic rings. The molecule has 1 saturated heterocycles. The van der Waals surface area contributed by atoms with Crippen molar-refractivity contribution < 1.29 is 0 Å². The molecule has 2 aromatic heterocycles. The summed E-state index contributed by atoms with van der Waals surface area (Å²) in [5.74, 6) is 0.815. The molecule has 2 aliphatic rings. The van der Waals surface area contributed by atoms with Crippen LogP contribution in [0.25, 0.3) is 0 Å². The lowest BCUT2D eigenvalue weighted by molar-refractivity contribution is 0.506. The zero-order valence-electron chi connectivity index (χ0n) is 15.8. The molecule has 136 valence electrons. The normalized spacial score (nSPS) is 23.0. The molecule has 3 unspecified atom stereocenters. The fourth-order valence-corrected chi connectivity index (χ4v) is 4.85. The highest BCUT2D eigenvalue weighted by molar-refractivity contribution is 7.37. The molecule has 0 bridgehead atoms. The van der Waals surface area contributed by atoms with Crippen molar-refractivity contribution >= 4 is 20.0 Å². The molecular weight excluding hydrogens is 339 g/mol. The summed E-state index contributed by atoms with van der Waals surface area (Å²) in [6.07, 6.45) is 8.66. The van der Waals surface area contributed by atoms with Crippen LogP contribution < -0.4 is 0 Å². The average Bonchev–Trinajstić information content (AvgIpc) is 2.96. The van der Waals surface area contributed by atoms with Gasteiger partial charge in [-0.05, 0) is 55.9 Å². The summed E-state index contributed by atoms with van der Waals surface area (Å²) in [6.45, 7) is 6.06. The van der Waals surface area contributed by atoms with Crippen LogP contribution in [0.15, 0.2) is 52.9 Å². The van der Waals surface area contributed by atoms with E-state index in [-0.39, 0.29) is 0 Å². The van der Waals surface area contributed by atoms with Gasteiger partial charge in [0.1, 0.15) is 0 Å². The number of aryl methyl sites for hydroxylation is 1. The number of rotatable bonds is 2. The number of pyridine rings is 2. The SMILES string of the molecule is CC.Cc1ccc(C2=NN=C(c3ccccn3)C3CCPCCC23)nc1. The van der Waals surface area contributed by atoms with Crippen LogP contribution in [-0.4, -0.2) is 33.7 Å². The minimum absolute atomic E-state index is 0.407. The molecule has 0 aromatic carbocycles. The van der Waals surface area contributed by atoms with E-state index >= 15 is 0 Å². The molecule has 26 heavy (non-hydrogen) atoms. The lowest BCUT2D eigenvalue weighted by atomic mass is 9.78. The molecule has 1 fully saturated rings. The van der Waals surface area contributed by atoms with Gasteiger partial charge in [-0.3, -0.25) is 9.97 Å². The van der Waals surface area contributed by atoms with Crippen LogP contribution in [0.3, 0.4) is 0 Å². The smallest absolute Gasteiger partial charge is 0.0924 e. The fourth-order valence-electron chi connectivity index (χ4n) is 3.57. The van der Waals surface area contributed by atoms with Crippen molar-refractivity contribution in [1.82, 2.24) is 9.97 Å². The van der Waals surface area contributed by atoms with Crippen molar-refractivity contribution in [2.24, 2.45) is 22.0 Å². The van der Waals surface area contributed by atoms with E-state index in [1.807, 2.05) is 44.4 Å². The maximum atomic E-state index is 4.62. The van der Waals surface area contributed by atoms with Gasteiger partial charge in [0, 0.05) is 24.2 Å². The van der Waals surface area contributed by atoms with Crippen LogP contribution in [0.5, 0.6) is 0 Å². The first-order valence-electron chi connectivity index (χ1n) is 9.53. The van der Waals surface area contributed by atoms with Gasteiger partial charge in [-0.1, -0.05) is 26.0 Å². The molecule has 0 radical (unpaired) electrons. The van der Waals surface area contributed by atoms with Crippen molar-refractivity contribution in [3.8, 4) is 0 Å². The standard InChI is InChI=1S/C19H21N4P.C2H6/c1-13-5-6-17(21-12-13)19-15-8-11-24-10-7-14(15)18(22-23-19)16-4-2-3-9-20-16;1-2/h2-6,9,12,14-15,24H,7-8,10-11H2,1H3;1-2H3. The number of hydrogen-bond acceptors (Lipinski definition) is 4. The number of nitrogens with zero attached hydrogens (tertiary/aromatic N) is 4. The number of fused-ring (bicyclic) bond motifs is 1. The van der Waals surface area contributed by atoms with Gasteiger partial charge in [0.2, 0.25) is 0 Å². The Hall–Kier alpha value is -1.93. The van der Waals surface area contributed by atoms with Crippen LogP contribution in [0.4, 0.5) is 0 Å². The van der Waals surface area contributed by atoms with Gasteiger partial charge in [-0.15, -0.1) is 8.58 Å². The van der Waals surface area contributed by atoms with E-state index in [2.05, 4.69) is 39.2 Å². The van der Waals surface area contributed by atoms with E-state index in [0.29, 0.717) is 11.8 Å². The van der Waals surface area contributed by atoms with Crippen LogP contribution in [0.2, 0.25) is 0 Å². The van der Waals surface area contributed by atoms with Crippen LogP contribution in [0, 0.1) is 18.8 Å². The van der Waals surface area contributed by atoms with Gasteiger partial charge >= 0.3 is 0 Å². The summed E-state index contributed by atoms with van der Waals surface area (Å²) < 4.78 is 0. The zero-order chi connectivity index (χ0) is 18.4. The van der Waals surface area contributed by atoms with Crippen LogP contribution >= 0.6 is 8.58 Å². The minimum atomic E-state index is 0.407. The molecule has 4 nitrogen and oxygen atoms in total. The van der Waals surface area contributed by atoms with E-state index in [1.165, 1.54) is 30.7 Å².